The molecular weight excluding hydrogens is 210 g/mol. The molecule has 1 unspecified atom stereocenters. The fourth-order valence-corrected chi connectivity index (χ4v) is 2.23. The first-order valence-electron chi connectivity index (χ1n) is 5.24. The molecule has 1 atom stereocenters. The molecule has 0 aromatic heterocycles. The molecule has 1 aromatic rings. The van der Waals surface area contributed by atoms with Crippen LogP contribution in [-0.4, -0.2) is 24.8 Å². The molecule has 2 nitrogen and oxygen atoms in total. The van der Waals surface area contributed by atoms with Gasteiger partial charge in [-0.3, -0.25) is 0 Å². The number of piperidine rings is 1. The predicted molar refractivity (Wildman–Crippen MR) is 64.6 cm³/mol. The minimum absolute atomic E-state index is 0. The van der Waals surface area contributed by atoms with Crippen molar-refractivity contribution in [3.8, 4) is 0 Å². The molecule has 0 radical (unpaired) electrons. The van der Waals surface area contributed by atoms with Crippen LogP contribution in [0.2, 0.25) is 0 Å². The Bertz CT molecular complexity index is 283. The second-order valence-corrected chi connectivity index (χ2v) is 4.08. The molecule has 1 aliphatic rings. The lowest BCUT2D eigenvalue weighted by atomic mass is 9.75. The summed E-state index contributed by atoms with van der Waals surface area (Å²) in [5, 5.41) is 12.9. The van der Waals surface area contributed by atoms with E-state index in [9.17, 15) is 5.11 Å². The first-order chi connectivity index (χ1) is 6.87. The Morgan fingerprint density at radius 2 is 2.00 bits per heavy atom. The van der Waals surface area contributed by atoms with Crippen molar-refractivity contribution in [3.05, 3.63) is 35.9 Å². The standard InChI is InChI=1S/C12H17NO.ClH/c14-10-12(7-4-8-13-9-12)11-5-2-1-3-6-11;/h1-3,5-6,13-14H,4,7-10H2;1H. The average Bonchev–Trinajstić information content (AvgIpc) is 2.31. The Morgan fingerprint density at radius 1 is 1.27 bits per heavy atom. The fraction of sp³-hybridized carbons (Fsp3) is 0.500. The normalized spacial score (nSPS) is 25.7. The number of nitrogens with one attached hydrogen (secondary N) is 1. The smallest absolute Gasteiger partial charge is 0.0540 e. The molecule has 1 aromatic carbocycles. The summed E-state index contributed by atoms with van der Waals surface area (Å²) in [7, 11) is 0. The van der Waals surface area contributed by atoms with E-state index >= 15 is 0 Å². The highest BCUT2D eigenvalue weighted by Gasteiger charge is 2.32. The number of benzene rings is 1. The van der Waals surface area contributed by atoms with Gasteiger partial charge >= 0.3 is 0 Å². The van der Waals surface area contributed by atoms with Crippen LogP contribution in [0.15, 0.2) is 30.3 Å². The van der Waals surface area contributed by atoms with Gasteiger partial charge in [0, 0.05) is 12.0 Å². The number of halogens is 1. The van der Waals surface area contributed by atoms with Crippen LogP contribution < -0.4 is 5.32 Å². The maximum atomic E-state index is 9.55. The molecule has 1 heterocycles. The summed E-state index contributed by atoms with van der Waals surface area (Å²) < 4.78 is 0. The van der Waals surface area contributed by atoms with Crippen LogP contribution in [0.1, 0.15) is 18.4 Å². The molecule has 0 amide bonds. The lowest BCUT2D eigenvalue weighted by Gasteiger charge is -2.36. The molecule has 0 aliphatic carbocycles. The van der Waals surface area contributed by atoms with Gasteiger partial charge in [0.05, 0.1) is 6.61 Å². The van der Waals surface area contributed by atoms with E-state index in [0.717, 1.165) is 25.9 Å². The van der Waals surface area contributed by atoms with Gasteiger partial charge in [0.1, 0.15) is 0 Å². The highest BCUT2D eigenvalue weighted by atomic mass is 35.5. The number of rotatable bonds is 2. The molecule has 3 heteroatoms. The molecule has 84 valence electrons. The third-order valence-electron chi connectivity index (χ3n) is 3.16. The van der Waals surface area contributed by atoms with Crippen LogP contribution in [0, 0.1) is 0 Å². The quantitative estimate of drug-likeness (QED) is 0.807. The van der Waals surface area contributed by atoms with Crippen LogP contribution in [0.5, 0.6) is 0 Å². The van der Waals surface area contributed by atoms with Crippen molar-refractivity contribution in [2.75, 3.05) is 19.7 Å². The molecule has 1 aliphatic heterocycles. The van der Waals surface area contributed by atoms with E-state index in [1.54, 1.807) is 0 Å². The summed E-state index contributed by atoms with van der Waals surface area (Å²) in [5.41, 5.74) is 1.22. The zero-order chi connectivity index (χ0) is 9.86. The van der Waals surface area contributed by atoms with Gasteiger partial charge in [-0.25, -0.2) is 0 Å². The van der Waals surface area contributed by atoms with Crippen LogP contribution >= 0.6 is 12.4 Å². The predicted octanol–water partition coefficient (Wildman–Crippen LogP) is 1.72. The summed E-state index contributed by atoms with van der Waals surface area (Å²) >= 11 is 0. The maximum absolute atomic E-state index is 9.55. The maximum Gasteiger partial charge on any atom is 0.0540 e. The minimum atomic E-state index is -0.0422. The highest BCUT2D eigenvalue weighted by molar-refractivity contribution is 5.85. The highest BCUT2D eigenvalue weighted by Crippen LogP contribution is 2.30. The summed E-state index contributed by atoms with van der Waals surface area (Å²) in [6.45, 7) is 2.21. The molecule has 1 fully saturated rings. The Hall–Kier alpha value is -0.570. The van der Waals surface area contributed by atoms with Crippen molar-refractivity contribution >= 4 is 12.4 Å². The number of hydrogen-bond acceptors (Lipinski definition) is 2. The fourth-order valence-electron chi connectivity index (χ4n) is 2.23. The molecular formula is C12H18ClNO. The Labute approximate surface area is 97.1 Å². The summed E-state index contributed by atoms with van der Waals surface area (Å²) in [5.74, 6) is 0. The molecule has 15 heavy (non-hydrogen) atoms. The Kier molecular flexibility index (Phi) is 4.58. The van der Waals surface area contributed by atoms with Crippen molar-refractivity contribution in [1.82, 2.24) is 5.32 Å². The molecule has 1 saturated heterocycles. The summed E-state index contributed by atoms with van der Waals surface area (Å²) in [4.78, 5) is 0. The van der Waals surface area contributed by atoms with Crippen molar-refractivity contribution in [2.45, 2.75) is 18.3 Å². The van der Waals surface area contributed by atoms with E-state index in [0.29, 0.717) is 0 Å². The van der Waals surface area contributed by atoms with Crippen LogP contribution in [0.3, 0.4) is 0 Å². The molecule has 0 bridgehead atoms. The monoisotopic (exact) mass is 227 g/mol. The van der Waals surface area contributed by atoms with Gasteiger partial charge in [0.2, 0.25) is 0 Å². The van der Waals surface area contributed by atoms with E-state index < -0.39 is 0 Å². The third kappa shape index (κ3) is 2.51. The number of aliphatic hydroxyl groups is 1. The first kappa shape index (κ1) is 12.5. The van der Waals surface area contributed by atoms with Crippen LogP contribution in [0.25, 0.3) is 0 Å². The zero-order valence-corrected chi connectivity index (χ0v) is 9.59. The Balaban J connectivity index is 0.00000112. The second-order valence-electron chi connectivity index (χ2n) is 4.08. The van der Waals surface area contributed by atoms with Gasteiger partial charge in [0.15, 0.2) is 0 Å². The first-order valence-corrected chi connectivity index (χ1v) is 5.24. The van der Waals surface area contributed by atoms with Gasteiger partial charge in [-0.2, -0.15) is 0 Å². The summed E-state index contributed by atoms with van der Waals surface area (Å²) in [6.07, 6.45) is 2.23. The zero-order valence-electron chi connectivity index (χ0n) is 8.78. The van der Waals surface area contributed by atoms with Gasteiger partial charge in [-0.1, -0.05) is 30.3 Å². The van der Waals surface area contributed by atoms with E-state index in [-0.39, 0.29) is 24.4 Å². The van der Waals surface area contributed by atoms with E-state index in [2.05, 4.69) is 17.4 Å². The lowest BCUT2D eigenvalue weighted by Crippen LogP contribution is -2.45. The molecule has 2 rings (SSSR count). The van der Waals surface area contributed by atoms with Gasteiger partial charge in [0.25, 0.3) is 0 Å². The molecule has 0 saturated carbocycles. The number of hydrogen-bond donors (Lipinski definition) is 2. The average molecular weight is 228 g/mol. The van der Waals surface area contributed by atoms with Crippen molar-refractivity contribution in [3.63, 3.8) is 0 Å². The molecule has 2 N–H and O–H groups in total. The topological polar surface area (TPSA) is 32.3 Å². The van der Waals surface area contributed by atoms with Gasteiger partial charge in [-0.05, 0) is 24.9 Å². The van der Waals surface area contributed by atoms with Gasteiger partial charge in [-0.15, -0.1) is 12.4 Å². The Morgan fingerprint density at radius 3 is 2.53 bits per heavy atom. The van der Waals surface area contributed by atoms with Crippen molar-refractivity contribution in [1.29, 1.82) is 0 Å². The van der Waals surface area contributed by atoms with Gasteiger partial charge < -0.3 is 10.4 Å². The lowest BCUT2D eigenvalue weighted by molar-refractivity contribution is 0.162. The minimum Gasteiger partial charge on any atom is -0.395 e. The van der Waals surface area contributed by atoms with Crippen molar-refractivity contribution < 1.29 is 5.11 Å². The van der Waals surface area contributed by atoms with Crippen LogP contribution in [-0.2, 0) is 5.41 Å². The third-order valence-corrected chi connectivity index (χ3v) is 3.16. The second kappa shape index (κ2) is 5.50. The van der Waals surface area contributed by atoms with E-state index in [1.165, 1.54) is 5.56 Å². The SMILES string of the molecule is Cl.OCC1(c2ccccc2)CCCNC1. The van der Waals surface area contributed by atoms with Crippen LogP contribution in [0.4, 0.5) is 0 Å². The summed E-state index contributed by atoms with van der Waals surface area (Å²) in [6, 6.07) is 10.3. The largest absolute Gasteiger partial charge is 0.395 e. The van der Waals surface area contributed by atoms with Crippen molar-refractivity contribution in [2.24, 2.45) is 0 Å². The van der Waals surface area contributed by atoms with E-state index in [4.69, 9.17) is 0 Å². The van der Waals surface area contributed by atoms with E-state index in [1.807, 2.05) is 18.2 Å². The number of aliphatic hydroxyl groups excluding tert-OH is 1. The molecule has 0 spiro atoms.